The summed E-state index contributed by atoms with van der Waals surface area (Å²) >= 11 is 0. The Labute approximate surface area is 123 Å². The fourth-order valence-electron chi connectivity index (χ4n) is 4.06. The number of methoxy groups -OCH3 is 1. The summed E-state index contributed by atoms with van der Waals surface area (Å²) in [5.74, 6) is 0.956. The molecule has 0 aromatic carbocycles. The Bertz CT molecular complexity index is 334. The molecule has 0 aromatic rings. The highest BCUT2D eigenvalue weighted by molar-refractivity contribution is 5.81. The van der Waals surface area contributed by atoms with Gasteiger partial charge in [-0.1, -0.05) is 19.8 Å². The number of carbonyl (C=O) groups is 1. The van der Waals surface area contributed by atoms with E-state index in [0.717, 1.165) is 38.1 Å². The van der Waals surface area contributed by atoms with E-state index in [0.29, 0.717) is 5.92 Å². The average Bonchev–Trinajstić information content (AvgIpc) is 3.03. The zero-order chi connectivity index (χ0) is 14.6. The molecule has 116 valence electrons. The molecular weight excluding hydrogens is 252 g/mol. The molecule has 1 aliphatic carbocycles. The van der Waals surface area contributed by atoms with Crippen LogP contribution in [0.2, 0.25) is 0 Å². The van der Waals surface area contributed by atoms with Gasteiger partial charge < -0.3 is 15.4 Å². The molecular formula is C16H30N2O2. The van der Waals surface area contributed by atoms with Gasteiger partial charge in [0.2, 0.25) is 0 Å². The summed E-state index contributed by atoms with van der Waals surface area (Å²) in [5, 5.41) is 0. The van der Waals surface area contributed by atoms with Crippen molar-refractivity contribution in [3.63, 3.8) is 0 Å². The third kappa shape index (κ3) is 3.34. The molecule has 2 N–H and O–H groups in total. The number of carbonyl (C=O) groups excluding carboxylic acids is 1. The number of esters is 1. The first kappa shape index (κ1) is 15.8. The lowest BCUT2D eigenvalue weighted by Gasteiger charge is -2.29. The van der Waals surface area contributed by atoms with Crippen LogP contribution >= 0.6 is 0 Å². The van der Waals surface area contributed by atoms with E-state index in [1.807, 2.05) is 0 Å². The van der Waals surface area contributed by atoms with Crippen LogP contribution in [0.1, 0.15) is 51.9 Å². The minimum atomic E-state index is -0.725. The van der Waals surface area contributed by atoms with Crippen LogP contribution in [0.5, 0.6) is 0 Å². The van der Waals surface area contributed by atoms with Crippen molar-refractivity contribution in [2.75, 3.05) is 26.7 Å². The Balaban J connectivity index is 1.80. The summed E-state index contributed by atoms with van der Waals surface area (Å²) in [5.41, 5.74) is 5.60. The standard InChI is InChI=1S/C16H30N2O2/c1-3-5-13-7-10-18(12-13)11-8-14-6-4-9-16(14,17)15(19)20-2/h13-14H,3-12,17H2,1-2H3. The molecule has 0 amide bonds. The van der Waals surface area contributed by atoms with E-state index >= 15 is 0 Å². The zero-order valence-electron chi connectivity index (χ0n) is 13.1. The third-order valence-corrected chi connectivity index (χ3v) is 5.30. The molecule has 1 heterocycles. The van der Waals surface area contributed by atoms with Crippen molar-refractivity contribution in [3.8, 4) is 0 Å². The smallest absolute Gasteiger partial charge is 0.326 e. The number of rotatable bonds is 6. The van der Waals surface area contributed by atoms with Gasteiger partial charge in [-0.15, -0.1) is 0 Å². The van der Waals surface area contributed by atoms with Crippen molar-refractivity contribution in [2.45, 2.75) is 57.4 Å². The SMILES string of the molecule is CCCC1CCN(CCC2CCCC2(N)C(=O)OC)C1. The Morgan fingerprint density at radius 3 is 2.90 bits per heavy atom. The highest BCUT2D eigenvalue weighted by atomic mass is 16.5. The normalized spacial score (nSPS) is 34.5. The highest BCUT2D eigenvalue weighted by Crippen LogP contribution is 2.37. The number of hydrogen-bond acceptors (Lipinski definition) is 4. The van der Waals surface area contributed by atoms with Crippen molar-refractivity contribution in [3.05, 3.63) is 0 Å². The molecule has 0 spiro atoms. The molecule has 0 radical (unpaired) electrons. The largest absolute Gasteiger partial charge is 0.468 e. The Morgan fingerprint density at radius 2 is 2.20 bits per heavy atom. The first-order valence-electron chi connectivity index (χ1n) is 8.19. The van der Waals surface area contributed by atoms with Crippen molar-refractivity contribution >= 4 is 5.97 Å². The van der Waals surface area contributed by atoms with Crippen molar-refractivity contribution in [1.82, 2.24) is 4.90 Å². The number of nitrogens with zero attached hydrogens (tertiary/aromatic N) is 1. The summed E-state index contributed by atoms with van der Waals surface area (Å²) in [7, 11) is 1.45. The second-order valence-corrected chi connectivity index (χ2v) is 6.65. The molecule has 0 bridgehead atoms. The number of nitrogens with two attached hydrogens (primary N) is 1. The van der Waals surface area contributed by atoms with Gasteiger partial charge in [-0.3, -0.25) is 4.79 Å². The van der Waals surface area contributed by atoms with E-state index in [1.54, 1.807) is 0 Å². The fourth-order valence-corrected chi connectivity index (χ4v) is 4.06. The van der Waals surface area contributed by atoms with E-state index in [-0.39, 0.29) is 5.97 Å². The van der Waals surface area contributed by atoms with Gasteiger partial charge in [0.1, 0.15) is 5.54 Å². The summed E-state index contributed by atoms with van der Waals surface area (Å²) in [6.45, 7) is 5.80. The van der Waals surface area contributed by atoms with Gasteiger partial charge in [-0.2, -0.15) is 0 Å². The van der Waals surface area contributed by atoms with Crippen LogP contribution in [0.25, 0.3) is 0 Å². The summed E-state index contributed by atoms with van der Waals surface area (Å²) < 4.78 is 4.91. The van der Waals surface area contributed by atoms with Crippen molar-refractivity contribution < 1.29 is 9.53 Å². The first-order chi connectivity index (χ1) is 9.60. The molecule has 2 aliphatic rings. The predicted molar refractivity (Wildman–Crippen MR) is 80.3 cm³/mol. The van der Waals surface area contributed by atoms with Crippen molar-refractivity contribution in [1.29, 1.82) is 0 Å². The predicted octanol–water partition coefficient (Wildman–Crippen LogP) is 2.17. The lowest BCUT2D eigenvalue weighted by Crippen LogP contribution is -2.52. The maximum absolute atomic E-state index is 11.9. The molecule has 20 heavy (non-hydrogen) atoms. The molecule has 1 saturated heterocycles. The minimum Gasteiger partial charge on any atom is -0.468 e. The van der Waals surface area contributed by atoms with Crippen LogP contribution in [0.4, 0.5) is 0 Å². The average molecular weight is 282 g/mol. The molecule has 2 rings (SSSR count). The van der Waals surface area contributed by atoms with Crippen molar-refractivity contribution in [2.24, 2.45) is 17.6 Å². The maximum Gasteiger partial charge on any atom is 0.326 e. The highest BCUT2D eigenvalue weighted by Gasteiger charge is 2.46. The van der Waals surface area contributed by atoms with E-state index in [9.17, 15) is 4.79 Å². The van der Waals surface area contributed by atoms with Crippen LogP contribution in [0.3, 0.4) is 0 Å². The first-order valence-corrected chi connectivity index (χ1v) is 8.19. The quantitative estimate of drug-likeness (QED) is 0.759. The Hall–Kier alpha value is -0.610. The summed E-state index contributed by atoms with van der Waals surface area (Å²) in [4.78, 5) is 14.5. The second-order valence-electron chi connectivity index (χ2n) is 6.65. The lowest BCUT2D eigenvalue weighted by atomic mass is 9.85. The van der Waals surface area contributed by atoms with Gasteiger partial charge in [0.05, 0.1) is 7.11 Å². The molecule has 1 aliphatic heterocycles. The van der Waals surface area contributed by atoms with Gasteiger partial charge in [0.15, 0.2) is 0 Å². The number of likely N-dealkylation sites (tertiary alicyclic amines) is 1. The number of hydrogen-bond donors (Lipinski definition) is 1. The van der Waals surface area contributed by atoms with E-state index in [4.69, 9.17) is 10.5 Å². The molecule has 3 atom stereocenters. The second kappa shape index (κ2) is 6.90. The third-order valence-electron chi connectivity index (χ3n) is 5.30. The Kier molecular flexibility index (Phi) is 5.44. The molecule has 1 saturated carbocycles. The van der Waals surface area contributed by atoms with Crippen LogP contribution in [-0.2, 0) is 9.53 Å². The van der Waals surface area contributed by atoms with Gasteiger partial charge in [-0.25, -0.2) is 0 Å². The molecule has 4 heteroatoms. The van der Waals surface area contributed by atoms with Crippen LogP contribution in [0.15, 0.2) is 0 Å². The van der Waals surface area contributed by atoms with Crippen LogP contribution in [-0.4, -0.2) is 43.2 Å². The molecule has 4 nitrogen and oxygen atoms in total. The van der Waals surface area contributed by atoms with Gasteiger partial charge in [-0.05, 0) is 57.0 Å². The maximum atomic E-state index is 11.9. The number of ether oxygens (including phenoxy) is 1. The van der Waals surface area contributed by atoms with E-state index in [2.05, 4.69) is 11.8 Å². The fraction of sp³-hybridized carbons (Fsp3) is 0.938. The zero-order valence-corrected chi connectivity index (χ0v) is 13.1. The lowest BCUT2D eigenvalue weighted by molar-refractivity contribution is -0.148. The van der Waals surface area contributed by atoms with Gasteiger partial charge in [0, 0.05) is 6.54 Å². The monoisotopic (exact) mass is 282 g/mol. The topological polar surface area (TPSA) is 55.6 Å². The minimum absolute atomic E-state index is 0.217. The molecule has 2 fully saturated rings. The molecule has 3 unspecified atom stereocenters. The van der Waals surface area contributed by atoms with Gasteiger partial charge >= 0.3 is 5.97 Å². The Morgan fingerprint density at radius 1 is 1.40 bits per heavy atom. The molecule has 0 aromatic heterocycles. The van der Waals surface area contributed by atoms with Crippen LogP contribution in [0, 0.1) is 11.8 Å². The van der Waals surface area contributed by atoms with E-state index < -0.39 is 5.54 Å². The van der Waals surface area contributed by atoms with Gasteiger partial charge in [0.25, 0.3) is 0 Å². The van der Waals surface area contributed by atoms with E-state index in [1.165, 1.54) is 39.5 Å². The summed E-state index contributed by atoms with van der Waals surface area (Å²) in [6.07, 6.45) is 7.90. The van der Waals surface area contributed by atoms with Crippen LogP contribution < -0.4 is 5.73 Å². The summed E-state index contributed by atoms with van der Waals surface area (Å²) in [6, 6.07) is 0.